The van der Waals surface area contributed by atoms with Gasteiger partial charge in [-0.2, -0.15) is 13.2 Å². The summed E-state index contributed by atoms with van der Waals surface area (Å²) in [5, 5.41) is 7.61. The van der Waals surface area contributed by atoms with E-state index in [1.54, 1.807) is 23.1 Å². The number of ether oxygens (including phenoxy) is 1. The Balaban J connectivity index is 0.000000541. The SMILES string of the molecule is COc1cc(Cl)ccc1C(=O)N1CC(=O)N(CC2CCN(c3ccncc3)CC2)c2ccccc2C1.O=C(O)C(F)(F)F. The van der Waals surface area contributed by atoms with Gasteiger partial charge in [0.05, 0.1) is 12.7 Å². The van der Waals surface area contributed by atoms with Crippen molar-refractivity contribution in [3.05, 3.63) is 83.1 Å². The second-order valence-corrected chi connectivity index (χ2v) is 10.5. The number of carbonyl (C=O) groups excluding carboxylic acids is 2. The van der Waals surface area contributed by atoms with Crippen LogP contribution < -0.4 is 14.5 Å². The summed E-state index contributed by atoms with van der Waals surface area (Å²) in [7, 11) is 1.51. The fourth-order valence-corrected chi connectivity index (χ4v) is 5.26. The lowest BCUT2D eigenvalue weighted by Gasteiger charge is -2.36. The highest BCUT2D eigenvalue weighted by atomic mass is 35.5. The Kier molecular flexibility index (Phi) is 10.1. The van der Waals surface area contributed by atoms with E-state index in [9.17, 15) is 22.8 Å². The van der Waals surface area contributed by atoms with Crippen molar-refractivity contribution in [2.75, 3.05) is 43.1 Å². The number of anilines is 2. The number of halogens is 4. The second kappa shape index (κ2) is 13.8. The first-order chi connectivity index (χ1) is 20.5. The van der Waals surface area contributed by atoms with Crippen LogP contribution in [0.25, 0.3) is 0 Å². The van der Waals surface area contributed by atoms with Gasteiger partial charge in [0.15, 0.2) is 0 Å². The zero-order chi connectivity index (χ0) is 31.1. The first kappa shape index (κ1) is 31.6. The summed E-state index contributed by atoms with van der Waals surface area (Å²) >= 11 is 6.09. The smallest absolute Gasteiger partial charge is 0.490 e. The highest BCUT2D eigenvalue weighted by Crippen LogP contribution is 2.31. The van der Waals surface area contributed by atoms with E-state index in [0.717, 1.165) is 37.2 Å². The Morgan fingerprint density at radius 3 is 2.33 bits per heavy atom. The van der Waals surface area contributed by atoms with Gasteiger partial charge in [-0.15, -0.1) is 0 Å². The lowest BCUT2D eigenvalue weighted by molar-refractivity contribution is -0.192. The molecule has 0 atom stereocenters. The Labute approximate surface area is 251 Å². The maximum atomic E-state index is 13.6. The third-order valence-corrected chi connectivity index (χ3v) is 7.51. The lowest BCUT2D eigenvalue weighted by atomic mass is 9.95. The first-order valence-corrected chi connectivity index (χ1v) is 13.8. The van der Waals surface area contributed by atoms with Gasteiger partial charge >= 0.3 is 12.1 Å². The maximum absolute atomic E-state index is 13.6. The Morgan fingerprint density at radius 2 is 1.70 bits per heavy atom. The fraction of sp³-hybridized carbons (Fsp3) is 0.333. The van der Waals surface area contributed by atoms with Gasteiger partial charge in [0.25, 0.3) is 5.91 Å². The van der Waals surface area contributed by atoms with E-state index >= 15 is 0 Å². The van der Waals surface area contributed by atoms with Gasteiger partial charge in [-0.25, -0.2) is 4.79 Å². The van der Waals surface area contributed by atoms with E-state index in [4.69, 9.17) is 26.2 Å². The highest BCUT2D eigenvalue weighted by molar-refractivity contribution is 6.30. The number of para-hydroxylation sites is 1. The van der Waals surface area contributed by atoms with Crippen LogP contribution in [0.4, 0.5) is 24.5 Å². The number of aliphatic carboxylic acids is 1. The number of methoxy groups -OCH3 is 1. The van der Waals surface area contributed by atoms with Crippen LogP contribution in [0, 0.1) is 5.92 Å². The summed E-state index contributed by atoms with van der Waals surface area (Å²) in [5.41, 5.74) is 3.42. The largest absolute Gasteiger partial charge is 0.496 e. The number of hydrogen-bond donors (Lipinski definition) is 1. The average molecular weight is 619 g/mol. The maximum Gasteiger partial charge on any atom is 0.490 e. The molecule has 0 radical (unpaired) electrons. The summed E-state index contributed by atoms with van der Waals surface area (Å²) in [6.45, 7) is 2.89. The van der Waals surface area contributed by atoms with Crippen LogP contribution in [0.5, 0.6) is 5.75 Å². The van der Waals surface area contributed by atoms with Crippen molar-refractivity contribution >= 4 is 40.8 Å². The number of carbonyl (C=O) groups is 3. The highest BCUT2D eigenvalue weighted by Gasteiger charge is 2.38. The summed E-state index contributed by atoms with van der Waals surface area (Å²) in [5.74, 6) is -2.29. The predicted molar refractivity (Wildman–Crippen MR) is 154 cm³/mol. The summed E-state index contributed by atoms with van der Waals surface area (Å²) in [4.78, 5) is 45.9. The van der Waals surface area contributed by atoms with Crippen molar-refractivity contribution in [1.82, 2.24) is 9.88 Å². The van der Waals surface area contributed by atoms with Crippen LogP contribution in [0.15, 0.2) is 67.0 Å². The van der Waals surface area contributed by atoms with Gasteiger partial charge in [-0.3, -0.25) is 14.6 Å². The van der Waals surface area contributed by atoms with Gasteiger partial charge < -0.3 is 24.5 Å². The number of pyridine rings is 1. The van der Waals surface area contributed by atoms with E-state index in [-0.39, 0.29) is 18.4 Å². The molecular formula is C30H30ClF3N4O5. The van der Waals surface area contributed by atoms with Gasteiger partial charge in [0, 0.05) is 55.0 Å². The average Bonchev–Trinajstić information content (AvgIpc) is 3.13. The number of aromatic nitrogens is 1. The Bertz CT molecular complexity index is 1450. The molecule has 2 aliphatic heterocycles. The van der Waals surface area contributed by atoms with Crippen molar-refractivity contribution < 1.29 is 37.4 Å². The standard InChI is InChI=1S/C28H29ClN4O3.C2HF3O2/c1-36-26-16-22(29)6-7-24(26)28(35)32-18-21-4-2-3-5-25(21)33(27(34)19-32)17-20-10-14-31(15-11-20)23-8-12-30-13-9-23;3-2(4,5)1(6)7/h2-9,12-13,16,20H,10-11,14-15,17-19H2,1H3;(H,6,7). The van der Waals surface area contributed by atoms with E-state index in [1.807, 2.05) is 53.7 Å². The number of fused-ring (bicyclic) bond motifs is 1. The molecule has 2 aliphatic rings. The fourth-order valence-electron chi connectivity index (χ4n) is 5.10. The Morgan fingerprint density at radius 1 is 1.05 bits per heavy atom. The molecule has 3 aromatic rings. The van der Waals surface area contributed by atoms with Crippen LogP contribution in [0.2, 0.25) is 5.02 Å². The number of carboxylic acids is 1. The van der Waals surface area contributed by atoms with Crippen molar-refractivity contribution in [2.24, 2.45) is 5.92 Å². The predicted octanol–water partition coefficient (Wildman–Crippen LogP) is 5.28. The number of hydrogen-bond acceptors (Lipinski definition) is 6. The molecule has 0 bridgehead atoms. The molecule has 1 N–H and O–H groups in total. The van der Waals surface area contributed by atoms with Gasteiger partial charge in [0.1, 0.15) is 12.3 Å². The zero-order valence-electron chi connectivity index (χ0n) is 23.3. The van der Waals surface area contributed by atoms with E-state index in [1.165, 1.54) is 12.8 Å². The Hall–Kier alpha value is -4.32. The molecule has 0 unspecified atom stereocenters. The number of benzene rings is 2. The van der Waals surface area contributed by atoms with Gasteiger partial charge in [-0.1, -0.05) is 29.8 Å². The third kappa shape index (κ3) is 7.95. The molecule has 43 heavy (non-hydrogen) atoms. The molecule has 0 saturated carbocycles. The molecule has 228 valence electrons. The quantitative estimate of drug-likeness (QED) is 0.415. The molecule has 13 heteroatoms. The third-order valence-electron chi connectivity index (χ3n) is 7.28. The summed E-state index contributed by atoms with van der Waals surface area (Å²) in [6, 6.07) is 16.9. The molecular weight excluding hydrogens is 589 g/mol. The first-order valence-electron chi connectivity index (χ1n) is 13.4. The molecule has 9 nitrogen and oxygen atoms in total. The molecule has 1 saturated heterocycles. The number of carboxylic acid groups (broad SMARTS) is 1. The van der Waals surface area contributed by atoms with Crippen LogP contribution in [-0.4, -0.2) is 72.2 Å². The van der Waals surface area contributed by atoms with Gasteiger partial charge in [0.2, 0.25) is 5.91 Å². The number of alkyl halides is 3. The van der Waals surface area contributed by atoms with Crippen LogP contribution in [0.3, 0.4) is 0 Å². The van der Waals surface area contributed by atoms with Crippen molar-refractivity contribution in [1.29, 1.82) is 0 Å². The van der Waals surface area contributed by atoms with Crippen molar-refractivity contribution in [2.45, 2.75) is 25.6 Å². The normalized spacial score (nSPS) is 15.7. The van der Waals surface area contributed by atoms with E-state index in [2.05, 4.69) is 9.88 Å². The molecule has 3 heterocycles. The minimum absolute atomic E-state index is 0.00908. The van der Waals surface area contributed by atoms with Crippen LogP contribution in [-0.2, 0) is 16.1 Å². The number of piperidine rings is 1. The molecule has 2 aromatic carbocycles. The molecule has 0 spiro atoms. The van der Waals surface area contributed by atoms with Gasteiger partial charge in [-0.05, 0) is 60.7 Å². The van der Waals surface area contributed by atoms with Crippen molar-refractivity contribution in [3.63, 3.8) is 0 Å². The molecule has 2 amide bonds. The summed E-state index contributed by atoms with van der Waals surface area (Å²) in [6.07, 6.45) is 0.555. The van der Waals surface area contributed by atoms with Crippen LogP contribution in [0.1, 0.15) is 28.8 Å². The number of nitrogens with zero attached hydrogens (tertiary/aromatic N) is 4. The minimum Gasteiger partial charge on any atom is -0.496 e. The second-order valence-electron chi connectivity index (χ2n) is 10.1. The minimum atomic E-state index is -5.08. The molecule has 5 rings (SSSR count). The number of rotatable bonds is 5. The van der Waals surface area contributed by atoms with Crippen molar-refractivity contribution in [3.8, 4) is 5.75 Å². The molecule has 1 fully saturated rings. The molecule has 1 aromatic heterocycles. The van der Waals surface area contributed by atoms with E-state index < -0.39 is 12.1 Å². The lowest BCUT2D eigenvalue weighted by Crippen LogP contribution is -2.44. The van der Waals surface area contributed by atoms with Crippen LogP contribution >= 0.6 is 11.6 Å². The zero-order valence-corrected chi connectivity index (χ0v) is 24.0. The monoisotopic (exact) mass is 618 g/mol. The topological polar surface area (TPSA) is 103 Å². The molecule has 0 aliphatic carbocycles. The summed E-state index contributed by atoms with van der Waals surface area (Å²) < 4.78 is 37.1. The number of amides is 2. The van der Waals surface area contributed by atoms with E-state index in [0.29, 0.717) is 35.3 Å².